The highest BCUT2D eigenvalue weighted by molar-refractivity contribution is 5.42. The fourth-order valence-corrected chi connectivity index (χ4v) is 1.48. The summed E-state index contributed by atoms with van der Waals surface area (Å²) < 4.78 is 5.34. The zero-order chi connectivity index (χ0) is 10.9. The Bertz CT molecular complexity index is 432. The lowest BCUT2D eigenvalue weighted by molar-refractivity contribution is 0.134. The molecule has 0 bridgehead atoms. The van der Waals surface area contributed by atoms with Crippen molar-refractivity contribution in [3.63, 3.8) is 0 Å². The summed E-state index contributed by atoms with van der Waals surface area (Å²) in [6.45, 7) is 5.23. The summed E-state index contributed by atoms with van der Waals surface area (Å²) in [6.07, 6.45) is 0. The van der Waals surface area contributed by atoms with E-state index in [1.165, 1.54) is 11.1 Å². The molecule has 2 rings (SSSR count). The molecule has 2 N–H and O–H groups in total. The molecule has 2 heteroatoms. The Morgan fingerprint density at radius 1 is 1.27 bits per heavy atom. The molecule has 0 spiro atoms. The third-order valence-corrected chi connectivity index (χ3v) is 2.25. The SMILES string of the molecule is CC(C)(N)C#Cc1ccc2c(c1)COC2. The van der Waals surface area contributed by atoms with Gasteiger partial charge in [-0.25, -0.2) is 0 Å². The Kier molecular flexibility index (Phi) is 2.52. The third-order valence-electron chi connectivity index (χ3n) is 2.25. The van der Waals surface area contributed by atoms with Crippen LogP contribution in [0.3, 0.4) is 0 Å². The van der Waals surface area contributed by atoms with E-state index in [-0.39, 0.29) is 0 Å². The van der Waals surface area contributed by atoms with Gasteiger partial charge in [0.1, 0.15) is 0 Å². The maximum absolute atomic E-state index is 5.80. The Morgan fingerprint density at radius 2 is 2.00 bits per heavy atom. The predicted molar refractivity (Wildman–Crippen MR) is 60.1 cm³/mol. The number of hydrogen-bond donors (Lipinski definition) is 1. The molecular weight excluding hydrogens is 186 g/mol. The van der Waals surface area contributed by atoms with E-state index in [1.807, 2.05) is 19.9 Å². The normalized spacial score (nSPS) is 14.3. The van der Waals surface area contributed by atoms with E-state index in [2.05, 4.69) is 24.0 Å². The zero-order valence-electron chi connectivity index (χ0n) is 9.13. The van der Waals surface area contributed by atoms with Crippen LogP contribution in [0.2, 0.25) is 0 Å². The lowest BCUT2D eigenvalue weighted by Crippen LogP contribution is -2.29. The summed E-state index contributed by atoms with van der Waals surface area (Å²) in [7, 11) is 0. The lowest BCUT2D eigenvalue weighted by atomic mass is 10.0. The van der Waals surface area contributed by atoms with Crippen LogP contribution in [0.4, 0.5) is 0 Å². The average molecular weight is 201 g/mol. The molecule has 0 amide bonds. The van der Waals surface area contributed by atoms with E-state index in [0.717, 1.165) is 12.2 Å². The first-order chi connectivity index (χ1) is 7.04. The number of ether oxygens (including phenoxy) is 1. The highest BCUT2D eigenvalue weighted by Gasteiger charge is 2.10. The molecule has 0 unspecified atom stereocenters. The number of fused-ring (bicyclic) bond motifs is 1. The average Bonchev–Trinajstić information content (AvgIpc) is 2.60. The molecule has 0 saturated carbocycles. The highest BCUT2D eigenvalue weighted by atomic mass is 16.5. The van der Waals surface area contributed by atoms with Crippen LogP contribution in [-0.2, 0) is 18.0 Å². The molecule has 1 aliphatic heterocycles. The minimum absolute atomic E-state index is 0.435. The minimum atomic E-state index is -0.435. The van der Waals surface area contributed by atoms with Crippen LogP contribution in [0.5, 0.6) is 0 Å². The molecule has 15 heavy (non-hydrogen) atoms. The van der Waals surface area contributed by atoms with Crippen molar-refractivity contribution in [1.82, 2.24) is 0 Å². The molecule has 1 heterocycles. The second-order valence-electron chi connectivity index (χ2n) is 4.45. The first-order valence-electron chi connectivity index (χ1n) is 5.06. The Morgan fingerprint density at radius 3 is 2.73 bits per heavy atom. The van der Waals surface area contributed by atoms with Crippen LogP contribution in [0.25, 0.3) is 0 Å². The second-order valence-corrected chi connectivity index (χ2v) is 4.45. The zero-order valence-corrected chi connectivity index (χ0v) is 9.13. The van der Waals surface area contributed by atoms with Crippen LogP contribution in [0, 0.1) is 11.8 Å². The predicted octanol–water partition coefficient (Wildman–Crippen LogP) is 1.81. The van der Waals surface area contributed by atoms with Crippen LogP contribution in [-0.4, -0.2) is 5.54 Å². The highest BCUT2D eigenvalue weighted by Crippen LogP contribution is 2.20. The van der Waals surface area contributed by atoms with Gasteiger partial charge in [-0.3, -0.25) is 0 Å². The van der Waals surface area contributed by atoms with E-state index in [1.54, 1.807) is 0 Å². The van der Waals surface area contributed by atoms with Gasteiger partial charge in [-0.05, 0) is 37.1 Å². The van der Waals surface area contributed by atoms with Gasteiger partial charge in [-0.15, -0.1) is 0 Å². The Labute approximate surface area is 90.4 Å². The number of rotatable bonds is 0. The molecule has 2 nitrogen and oxygen atoms in total. The van der Waals surface area contributed by atoms with Crippen LogP contribution in [0.15, 0.2) is 18.2 Å². The summed E-state index contributed by atoms with van der Waals surface area (Å²) in [5.41, 5.74) is 8.89. The van der Waals surface area contributed by atoms with Gasteiger partial charge in [0.2, 0.25) is 0 Å². The monoisotopic (exact) mass is 201 g/mol. The van der Waals surface area contributed by atoms with Gasteiger partial charge in [0, 0.05) is 5.56 Å². The van der Waals surface area contributed by atoms with Crippen LogP contribution < -0.4 is 5.73 Å². The summed E-state index contributed by atoms with van der Waals surface area (Å²) in [4.78, 5) is 0. The van der Waals surface area contributed by atoms with Crippen molar-refractivity contribution >= 4 is 0 Å². The van der Waals surface area contributed by atoms with Gasteiger partial charge < -0.3 is 10.5 Å². The van der Waals surface area contributed by atoms with Gasteiger partial charge in [-0.1, -0.05) is 17.9 Å². The molecule has 0 aliphatic carbocycles. The van der Waals surface area contributed by atoms with Gasteiger partial charge >= 0.3 is 0 Å². The number of hydrogen-bond acceptors (Lipinski definition) is 2. The summed E-state index contributed by atoms with van der Waals surface area (Å²) >= 11 is 0. The van der Waals surface area contributed by atoms with Crippen molar-refractivity contribution in [1.29, 1.82) is 0 Å². The summed E-state index contributed by atoms with van der Waals surface area (Å²) in [5, 5.41) is 0. The van der Waals surface area contributed by atoms with Crippen molar-refractivity contribution in [2.75, 3.05) is 0 Å². The molecule has 78 valence electrons. The maximum atomic E-state index is 5.80. The first kappa shape index (κ1) is 10.2. The molecule has 0 aromatic heterocycles. The van der Waals surface area contributed by atoms with Crippen molar-refractivity contribution in [3.8, 4) is 11.8 Å². The van der Waals surface area contributed by atoms with E-state index >= 15 is 0 Å². The molecule has 1 aliphatic rings. The molecule has 0 atom stereocenters. The smallest absolute Gasteiger partial charge is 0.0725 e. The fraction of sp³-hybridized carbons (Fsp3) is 0.385. The molecule has 0 fully saturated rings. The van der Waals surface area contributed by atoms with Gasteiger partial charge in [-0.2, -0.15) is 0 Å². The van der Waals surface area contributed by atoms with E-state index in [4.69, 9.17) is 10.5 Å². The van der Waals surface area contributed by atoms with Gasteiger partial charge in [0.25, 0.3) is 0 Å². The molecular formula is C13H15NO. The fourth-order valence-electron chi connectivity index (χ4n) is 1.48. The van der Waals surface area contributed by atoms with Crippen LogP contribution >= 0.6 is 0 Å². The summed E-state index contributed by atoms with van der Waals surface area (Å²) in [6, 6.07) is 6.18. The first-order valence-corrected chi connectivity index (χ1v) is 5.06. The molecule has 1 aromatic carbocycles. The minimum Gasteiger partial charge on any atom is -0.372 e. The quantitative estimate of drug-likeness (QED) is 0.650. The largest absolute Gasteiger partial charge is 0.372 e. The molecule has 1 aromatic rings. The molecule has 0 radical (unpaired) electrons. The van der Waals surface area contributed by atoms with Gasteiger partial charge in [0.15, 0.2) is 0 Å². The van der Waals surface area contributed by atoms with Gasteiger partial charge in [0.05, 0.1) is 18.8 Å². The standard InChI is InChI=1S/C13H15NO/c1-13(2,14)6-5-10-3-4-11-8-15-9-12(11)7-10/h3-4,7H,8-9,14H2,1-2H3. The Balaban J connectivity index is 2.27. The number of benzene rings is 1. The number of nitrogens with two attached hydrogens (primary N) is 1. The molecule has 0 saturated heterocycles. The van der Waals surface area contributed by atoms with E-state index in [0.29, 0.717) is 6.61 Å². The maximum Gasteiger partial charge on any atom is 0.0725 e. The van der Waals surface area contributed by atoms with Crippen molar-refractivity contribution in [2.24, 2.45) is 5.73 Å². The van der Waals surface area contributed by atoms with Crippen LogP contribution in [0.1, 0.15) is 30.5 Å². The van der Waals surface area contributed by atoms with Crippen molar-refractivity contribution < 1.29 is 4.74 Å². The van der Waals surface area contributed by atoms with Crippen molar-refractivity contribution in [2.45, 2.75) is 32.6 Å². The lowest BCUT2D eigenvalue weighted by Gasteiger charge is -2.07. The van der Waals surface area contributed by atoms with Crippen molar-refractivity contribution in [3.05, 3.63) is 34.9 Å². The second kappa shape index (κ2) is 3.69. The third kappa shape index (κ3) is 2.59. The van der Waals surface area contributed by atoms with E-state index in [9.17, 15) is 0 Å². The Hall–Kier alpha value is -1.30. The van der Waals surface area contributed by atoms with E-state index < -0.39 is 5.54 Å². The topological polar surface area (TPSA) is 35.2 Å². The summed E-state index contributed by atoms with van der Waals surface area (Å²) in [5.74, 6) is 6.10.